The van der Waals surface area contributed by atoms with Crippen LogP contribution in [0.2, 0.25) is 0 Å². The molecule has 7 heteroatoms. The summed E-state index contributed by atoms with van der Waals surface area (Å²) in [5.74, 6) is 1.38. The van der Waals surface area contributed by atoms with E-state index >= 15 is 0 Å². The third-order valence-electron chi connectivity index (χ3n) is 6.51. The number of carbonyl (C=O) groups excluding carboxylic acids is 2. The van der Waals surface area contributed by atoms with Gasteiger partial charge < -0.3 is 24.6 Å². The topological polar surface area (TPSA) is 71.1 Å². The molecule has 2 heterocycles. The number of nitrogens with one attached hydrogen (secondary N) is 1. The number of amides is 3. The SMILES string of the molecule is COc1ccc(CNC(=O)N2CCC(N(C(=O)C3CC3)C3CCOCC3)CC2)cc1. The van der Waals surface area contributed by atoms with E-state index in [-0.39, 0.29) is 18.0 Å². The zero-order chi connectivity index (χ0) is 20.9. The van der Waals surface area contributed by atoms with Crippen molar-refractivity contribution in [3.05, 3.63) is 29.8 Å². The van der Waals surface area contributed by atoms with Crippen molar-refractivity contribution in [2.75, 3.05) is 33.4 Å². The molecule has 1 aromatic carbocycles. The highest BCUT2D eigenvalue weighted by Gasteiger charge is 2.41. The first-order chi connectivity index (χ1) is 14.7. The zero-order valence-electron chi connectivity index (χ0n) is 17.8. The fraction of sp³-hybridized carbons (Fsp3) is 0.652. The lowest BCUT2D eigenvalue weighted by Gasteiger charge is -2.43. The van der Waals surface area contributed by atoms with Crippen LogP contribution in [-0.2, 0) is 16.1 Å². The van der Waals surface area contributed by atoms with Gasteiger partial charge in [-0.1, -0.05) is 12.1 Å². The number of urea groups is 1. The molecule has 0 unspecified atom stereocenters. The first-order valence-corrected chi connectivity index (χ1v) is 11.2. The molecular weight excluding hydrogens is 382 g/mol. The Bertz CT molecular complexity index is 720. The number of hydrogen-bond donors (Lipinski definition) is 1. The van der Waals surface area contributed by atoms with Crippen molar-refractivity contribution in [3.8, 4) is 5.75 Å². The lowest BCUT2D eigenvalue weighted by molar-refractivity contribution is -0.141. The predicted octanol–water partition coefficient (Wildman–Crippen LogP) is 2.79. The van der Waals surface area contributed by atoms with Crippen LogP contribution in [0.3, 0.4) is 0 Å². The summed E-state index contributed by atoms with van der Waals surface area (Å²) in [4.78, 5) is 29.7. The normalized spacial score (nSPS) is 20.6. The third kappa shape index (κ3) is 5.06. The predicted molar refractivity (Wildman–Crippen MR) is 113 cm³/mol. The van der Waals surface area contributed by atoms with Gasteiger partial charge in [-0.3, -0.25) is 4.79 Å². The molecule has 7 nitrogen and oxygen atoms in total. The molecule has 0 radical (unpaired) electrons. The molecule has 1 aliphatic carbocycles. The monoisotopic (exact) mass is 415 g/mol. The highest BCUT2D eigenvalue weighted by molar-refractivity contribution is 5.81. The summed E-state index contributed by atoms with van der Waals surface area (Å²) < 4.78 is 10.7. The van der Waals surface area contributed by atoms with Gasteiger partial charge in [0, 0.05) is 50.8 Å². The lowest BCUT2D eigenvalue weighted by Crippen LogP contribution is -2.55. The molecule has 3 amide bonds. The maximum absolute atomic E-state index is 13.0. The van der Waals surface area contributed by atoms with Crippen molar-refractivity contribution in [3.63, 3.8) is 0 Å². The average Bonchev–Trinajstić information content (AvgIpc) is 3.65. The molecule has 4 rings (SSSR count). The third-order valence-corrected chi connectivity index (χ3v) is 6.51. The Morgan fingerprint density at radius 2 is 1.67 bits per heavy atom. The highest BCUT2D eigenvalue weighted by atomic mass is 16.5. The Hall–Kier alpha value is -2.28. The number of likely N-dealkylation sites (tertiary alicyclic amines) is 1. The van der Waals surface area contributed by atoms with Crippen LogP contribution >= 0.6 is 0 Å². The molecule has 164 valence electrons. The summed E-state index contributed by atoms with van der Waals surface area (Å²) in [5.41, 5.74) is 1.04. The fourth-order valence-corrected chi connectivity index (χ4v) is 4.54. The van der Waals surface area contributed by atoms with Crippen LogP contribution in [0.25, 0.3) is 0 Å². The van der Waals surface area contributed by atoms with Gasteiger partial charge >= 0.3 is 6.03 Å². The molecule has 3 fully saturated rings. The van der Waals surface area contributed by atoms with E-state index < -0.39 is 0 Å². The molecule has 0 aromatic heterocycles. The molecule has 1 saturated carbocycles. The minimum atomic E-state index is -0.0320. The zero-order valence-corrected chi connectivity index (χ0v) is 17.8. The van der Waals surface area contributed by atoms with Gasteiger partial charge in [0.05, 0.1) is 7.11 Å². The Labute approximate surface area is 178 Å². The van der Waals surface area contributed by atoms with Gasteiger partial charge in [-0.25, -0.2) is 4.79 Å². The molecule has 3 aliphatic rings. The van der Waals surface area contributed by atoms with Gasteiger partial charge in [-0.05, 0) is 56.2 Å². The largest absolute Gasteiger partial charge is 0.497 e. The maximum atomic E-state index is 13.0. The van der Waals surface area contributed by atoms with Crippen molar-refractivity contribution in [1.29, 1.82) is 0 Å². The molecule has 0 bridgehead atoms. The van der Waals surface area contributed by atoms with Crippen LogP contribution in [0, 0.1) is 5.92 Å². The van der Waals surface area contributed by atoms with Crippen LogP contribution in [0.4, 0.5) is 4.79 Å². The quantitative estimate of drug-likeness (QED) is 0.776. The molecule has 30 heavy (non-hydrogen) atoms. The minimum Gasteiger partial charge on any atom is -0.497 e. The smallest absolute Gasteiger partial charge is 0.317 e. The summed E-state index contributed by atoms with van der Waals surface area (Å²) in [6.45, 7) is 3.36. The number of ether oxygens (including phenoxy) is 2. The second-order valence-corrected chi connectivity index (χ2v) is 8.59. The van der Waals surface area contributed by atoms with Gasteiger partial charge in [0.15, 0.2) is 0 Å². The molecule has 1 aromatic rings. The van der Waals surface area contributed by atoms with Crippen molar-refractivity contribution < 1.29 is 19.1 Å². The van der Waals surface area contributed by atoms with E-state index in [9.17, 15) is 9.59 Å². The van der Waals surface area contributed by atoms with E-state index in [1.54, 1.807) is 7.11 Å². The molecule has 0 atom stereocenters. The average molecular weight is 416 g/mol. The van der Waals surface area contributed by atoms with Crippen molar-refractivity contribution in [2.24, 2.45) is 5.92 Å². The van der Waals surface area contributed by atoms with Crippen LogP contribution < -0.4 is 10.1 Å². The summed E-state index contributed by atoms with van der Waals surface area (Å²) in [7, 11) is 1.64. The van der Waals surface area contributed by atoms with E-state index in [4.69, 9.17) is 9.47 Å². The standard InChI is InChI=1S/C23H33N3O4/c1-29-21-6-2-17(3-7-21)16-24-23(28)25-12-8-19(9-13-25)26(22(27)18-4-5-18)20-10-14-30-15-11-20/h2-3,6-7,18-20H,4-5,8-16H2,1H3,(H,24,28). The second-order valence-electron chi connectivity index (χ2n) is 8.59. The van der Waals surface area contributed by atoms with Crippen molar-refractivity contribution in [1.82, 2.24) is 15.1 Å². The van der Waals surface area contributed by atoms with E-state index in [1.165, 1.54) is 0 Å². The number of methoxy groups -OCH3 is 1. The first-order valence-electron chi connectivity index (χ1n) is 11.2. The molecule has 2 saturated heterocycles. The van der Waals surface area contributed by atoms with Crippen molar-refractivity contribution in [2.45, 2.75) is 57.2 Å². The van der Waals surface area contributed by atoms with E-state index in [0.29, 0.717) is 31.6 Å². The Balaban J connectivity index is 1.28. The Morgan fingerprint density at radius 1 is 1.03 bits per heavy atom. The number of piperidine rings is 1. The number of rotatable bonds is 6. The van der Waals surface area contributed by atoms with Crippen LogP contribution in [0.5, 0.6) is 5.75 Å². The Kier molecular flexibility index (Phi) is 6.77. The highest BCUT2D eigenvalue weighted by Crippen LogP contribution is 2.35. The number of hydrogen-bond acceptors (Lipinski definition) is 4. The summed E-state index contributed by atoms with van der Waals surface area (Å²) >= 11 is 0. The number of carbonyl (C=O) groups is 2. The van der Waals surface area contributed by atoms with Crippen LogP contribution in [-0.4, -0.2) is 67.2 Å². The fourth-order valence-electron chi connectivity index (χ4n) is 4.54. The molecule has 2 aliphatic heterocycles. The van der Waals surface area contributed by atoms with E-state index in [2.05, 4.69) is 10.2 Å². The number of benzene rings is 1. The lowest BCUT2D eigenvalue weighted by atomic mass is 9.97. The first kappa shape index (κ1) is 21.0. The van der Waals surface area contributed by atoms with E-state index in [0.717, 1.165) is 63.1 Å². The minimum absolute atomic E-state index is 0.0320. The summed E-state index contributed by atoms with van der Waals surface area (Å²) in [5, 5.41) is 3.01. The van der Waals surface area contributed by atoms with Gasteiger partial charge in [-0.15, -0.1) is 0 Å². The maximum Gasteiger partial charge on any atom is 0.317 e. The molecule has 0 spiro atoms. The van der Waals surface area contributed by atoms with Crippen LogP contribution in [0.1, 0.15) is 44.1 Å². The summed E-state index contributed by atoms with van der Waals surface area (Å²) in [6.07, 6.45) is 5.63. The van der Waals surface area contributed by atoms with E-state index in [1.807, 2.05) is 29.2 Å². The second kappa shape index (κ2) is 9.69. The van der Waals surface area contributed by atoms with Gasteiger partial charge in [0.1, 0.15) is 5.75 Å². The summed E-state index contributed by atoms with van der Waals surface area (Å²) in [6, 6.07) is 8.22. The Morgan fingerprint density at radius 3 is 2.27 bits per heavy atom. The molecular formula is C23H33N3O4. The number of nitrogens with zero attached hydrogens (tertiary/aromatic N) is 2. The van der Waals surface area contributed by atoms with Crippen LogP contribution in [0.15, 0.2) is 24.3 Å². The van der Waals surface area contributed by atoms with Gasteiger partial charge in [0.25, 0.3) is 0 Å². The van der Waals surface area contributed by atoms with Gasteiger partial charge in [0.2, 0.25) is 5.91 Å². The van der Waals surface area contributed by atoms with Gasteiger partial charge in [-0.2, -0.15) is 0 Å². The molecule has 1 N–H and O–H groups in total. The van der Waals surface area contributed by atoms with Crippen molar-refractivity contribution >= 4 is 11.9 Å².